The zero-order valence-electron chi connectivity index (χ0n) is 17.9. The number of benzene rings is 1. The van der Waals surface area contributed by atoms with Gasteiger partial charge in [-0.15, -0.1) is 0 Å². The molecule has 2 N–H and O–H groups in total. The maximum Gasteiger partial charge on any atom is 0.251 e. The second-order valence-corrected chi connectivity index (χ2v) is 9.67. The van der Waals surface area contributed by atoms with Gasteiger partial charge in [0.25, 0.3) is 5.91 Å². The van der Waals surface area contributed by atoms with Gasteiger partial charge in [0, 0.05) is 56.0 Å². The molecule has 2 atom stereocenters. The molecule has 1 aromatic carbocycles. The van der Waals surface area contributed by atoms with E-state index in [1.54, 1.807) is 0 Å². The molecule has 0 radical (unpaired) electrons. The molecule has 0 aromatic heterocycles. The third kappa shape index (κ3) is 4.87. The molecule has 0 spiro atoms. The zero-order chi connectivity index (χ0) is 21.4. The maximum absolute atomic E-state index is 13.4. The molecule has 1 saturated heterocycles. The van der Waals surface area contributed by atoms with E-state index in [1.165, 1.54) is 0 Å². The van der Waals surface area contributed by atoms with Crippen LogP contribution in [0.4, 0.5) is 8.78 Å². The van der Waals surface area contributed by atoms with Crippen LogP contribution in [-0.4, -0.2) is 50.3 Å². The van der Waals surface area contributed by atoms with Crippen molar-refractivity contribution in [2.45, 2.75) is 75.3 Å². The standard InChI is InChI=1S/C24H32F2N2O3/c25-24(26)6-1-18(2-7-24)28-23(29)17-11-16-5-10-31-22(16)20(12-17)19-13-21(19)27-14-15-3-8-30-9-4-15/h11-12,15,18-19,21,27H,1-10,13-14H2,(H,28,29)/t19-,21+/m0/s1. The highest BCUT2D eigenvalue weighted by molar-refractivity contribution is 5.95. The molecule has 2 saturated carbocycles. The van der Waals surface area contributed by atoms with E-state index in [4.69, 9.17) is 9.47 Å². The molecular formula is C24H32F2N2O3. The number of hydrogen-bond acceptors (Lipinski definition) is 4. The molecule has 4 aliphatic rings. The molecule has 2 aliphatic heterocycles. The molecule has 0 unspecified atom stereocenters. The molecule has 3 fully saturated rings. The van der Waals surface area contributed by atoms with Crippen molar-refractivity contribution in [3.8, 4) is 5.75 Å². The van der Waals surface area contributed by atoms with Gasteiger partial charge in [-0.2, -0.15) is 0 Å². The summed E-state index contributed by atoms with van der Waals surface area (Å²) in [7, 11) is 0. The van der Waals surface area contributed by atoms with E-state index >= 15 is 0 Å². The van der Waals surface area contributed by atoms with Crippen LogP contribution in [0.2, 0.25) is 0 Å². The Labute approximate surface area is 182 Å². The normalized spacial score (nSPS) is 28.1. The number of alkyl halides is 2. The van der Waals surface area contributed by atoms with Crippen molar-refractivity contribution in [2.75, 3.05) is 26.4 Å². The third-order valence-corrected chi connectivity index (χ3v) is 7.33. The van der Waals surface area contributed by atoms with Crippen LogP contribution in [0.1, 0.15) is 72.3 Å². The van der Waals surface area contributed by atoms with Crippen LogP contribution in [0.3, 0.4) is 0 Å². The lowest BCUT2D eigenvalue weighted by molar-refractivity contribution is -0.0399. The molecule has 1 amide bonds. The van der Waals surface area contributed by atoms with Crippen molar-refractivity contribution in [1.82, 2.24) is 10.6 Å². The number of carbonyl (C=O) groups excluding carboxylic acids is 1. The van der Waals surface area contributed by atoms with E-state index in [0.717, 1.165) is 62.3 Å². The fraction of sp³-hybridized carbons (Fsp3) is 0.708. The van der Waals surface area contributed by atoms with E-state index in [0.29, 0.717) is 42.9 Å². The second-order valence-electron chi connectivity index (χ2n) is 9.67. The first kappa shape index (κ1) is 21.1. The largest absolute Gasteiger partial charge is 0.493 e. The number of nitrogens with one attached hydrogen (secondary N) is 2. The summed E-state index contributed by atoms with van der Waals surface area (Å²) >= 11 is 0. The van der Waals surface area contributed by atoms with Crippen LogP contribution >= 0.6 is 0 Å². The van der Waals surface area contributed by atoms with Crippen molar-refractivity contribution < 1.29 is 23.0 Å². The minimum absolute atomic E-state index is 0.149. The zero-order valence-corrected chi connectivity index (χ0v) is 17.9. The predicted octanol–water partition coefficient (Wildman–Crippen LogP) is 3.80. The Balaban J connectivity index is 1.23. The van der Waals surface area contributed by atoms with Gasteiger partial charge in [-0.3, -0.25) is 4.79 Å². The third-order valence-electron chi connectivity index (χ3n) is 7.33. The van der Waals surface area contributed by atoms with Gasteiger partial charge in [-0.25, -0.2) is 8.78 Å². The van der Waals surface area contributed by atoms with Crippen LogP contribution in [-0.2, 0) is 11.2 Å². The second kappa shape index (κ2) is 8.66. The van der Waals surface area contributed by atoms with Gasteiger partial charge < -0.3 is 20.1 Å². The summed E-state index contributed by atoms with van der Waals surface area (Å²) in [6.07, 6.45) is 4.47. The van der Waals surface area contributed by atoms with Gasteiger partial charge in [0.05, 0.1) is 6.61 Å². The summed E-state index contributed by atoms with van der Waals surface area (Å²) in [4.78, 5) is 12.9. The SMILES string of the molecule is O=C(NC1CCC(F)(F)CC1)c1cc2c(c([C@@H]3C[C@H]3NCC3CCOCC3)c1)OCC2. The minimum Gasteiger partial charge on any atom is -0.493 e. The summed E-state index contributed by atoms with van der Waals surface area (Å²) in [6.45, 7) is 3.38. The highest BCUT2D eigenvalue weighted by Gasteiger charge is 2.42. The lowest BCUT2D eigenvalue weighted by Crippen LogP contribution is -2.40. The van der Waals surface area contributed by atoms with E-state index in [1.807, 2.05) is 12.1 Å². The Morgan fingerprint density at radius 3 is 2.65 bits per heavy atom. The van der Waals surface area contributed by atoms with Gasteiger partial charge in [0.2, 0.25) is 5.92 Å². The molecule has 7 heteroatoms. The molecule has 1 aromatic rings. The van der Waals surface area contributed by atoms with E-state index < -0.39 is 5.92 Å². The van der Waals surface area contributed by atoms with Crippen molar-refractivity contribution in [2.24, 2.45) is 5.92 Å². The molecular weight excluding hydrogens is 402 g/mol. The number of carbonyl (C=O) groups is 1. The predicted molar refractivity (Wildman–Crippen MR) is 113 cm³/mol. The first-order valence-corrected chi connectivity index (χ1v) is 11.8. The smallest absolute Gasteiger partial charge is 0.251 e. The average molecular weight is 435 g/mol. The van der Waals surface area contributed by atoms with Gasteiger partial charge in [-0.05, 0) is 67.8 Å². The quantitative estimate of drug-likeness (QED) is 0.715. The number of amides is 1. The van der Waals surface area contributed by atoms with E-state index in [2.05, 4.69) is 10.6 Å². The lowest BCUT2D eigenvalue weighted by atomic mass is 9.92. The van der Waals surface area contributed by atoms with Crippen LogP contribution in [0.15, 0.2) is 12.1 Å². The molecule has 0 bridgehead atoms. The Morgan fingerprint density at radius 1 is 1.10 bits per heavy atom. The first-order chi connectivity index (χ1) is 15.0. The minimum atomic E-state index is -2.59. The average Bonchev–Trinajstić information content (AvgIpc) is 3.38. The lowest BCUT2D eigenvalue weighted by Gasteiger charge is -2.28. The Morgan fingerprint density at radius 2 is 1.87 bits per heavy atom. The van der Waals surface area contributed by atoms with Crippen LogP contribution in [0, 0.1) is 5.92 Å². The summed E-state index contributed by atoms with van der Waals surface area (Å²) in [5, 5.41) is 6.69. The fourth-order valence-corrected chi connectivity index (χ4v) is 5.23. The number of hydrogen-bond donors (Lipinski definition) is 2. The topological polar surface area (TPSA) is 59.6 Å². The van der Waals surface area contributed by atoms with Crippen molar-refractivity contribution in [1.29, 1.82) is 0 Å². The van der Waals surface area contributed by atoms with Crippen molar-refractivity contribution in [3.63, 3.8) is 0 Å². The number of ether oxygens (including phenoxy) is 2. The van der Waals surface area contributed by atoms with E-state index in [9.17, 15) is 13.6 Å². The summed E-state index contributed by atoms with van der Waals surface area (Å²) in [5.41, 5.74) is 2.85. The van der Waals surface area contributed by atoms with Crippen molar-refractivity contribution in [3.05, 3.63) is 28.8 Å². The number of rotatable bonds is 6. The van der Waals surface area contributed by atoms with Crippen LogP contribution in [0.5, 0.6) is 5.75 Å². The summed E-state index contributed by atoms with van der Waals surface area (Å²) < 4.78 is 38.2. The van der Waals surface area contributed by atoms with Gasteiger partial charge >= 0.3 is 0 Å². The maximum atomic E-state index is 13.4. The summed E-state index contributed by atoms with van der Waals surface area (Å²) in [6, 6.07) is 4.15. The number of halogens is 2. The van der Waals surface area contributed by atoms with Crippen LogP contribution < -0.4 is 15.4 Å². The molecule has 5 rings (SSSR count). The van der Waals surface area contributed by atoms with Crippen molar-refractivity contribution >= 4 is 5.91 Å². The highest BCUT2D eigenvalue weighted by atomic mass is 19.3. The Hall–Kier alpha value is -1.73. The monoisotopic (exact) mass is 434 g/mol. The molecule has 170 valence electrons. The van der Waals surface area contributed by atoms with Crippen LogP contribution in [0.25, 0.3) is 0 Å². The molecule has 31 heavy (non-hydrogen) atoms. The molecule has 5 nitrogen and oxygen atoms in total. The molecule has 2 heterocycles. The van der Waals surface area contributed by atoms with E-state index in [-0.39, 0.29) is 24.8 Å². The Kier molecular flexibility index (Phi) is 5.90. The molecule has 2 aliphatic carbocycles. The number of fused-ring (bicyclic) bond motifs is 1. The Bertz CT molecular complexity index is 815. The fourth-order valence-electron chi connectivity index (χ4n) is 5.23. The van der Waals surface area contributed by atoms with Gasteiger partial charge in [0.1, 0.15) is 5.75 Å². The first-order valence-electron chi connectivity index (χ1n) is 11.8. The van der Waals surface area contributed by atoms with Gasteiger partial charge in [0.15, 0.2) is 0 Å². The summed E-state index contributed by atoms with van der Waals surface area (Å²) in [5.74, 6) is -0.740. The van der Waals surface area contributed by atoms with Gasteiger partial charge in [-0.1, -0.05) is 0 Å². The highest BCUT2D eigenvalue weighted by Crippen LogP contribution is 2.48.